The van der Waals surface area contributed by atoms with Gasteiger partial charge in [0.2, 0.25) is 0 Å². The molecule has 0 radical (unpaired) electrons. The Balaban J connectivity index is 2.36. The molecular weight excluding hydrogens is 257 g/mol. The number of carbonyl (C=O) groups excluding carboxylic acids is 1. The summed E-state index contributed by atoms with van der Waals surface area (Å²) in [6, 6.07) is 11.4. The van der Waals surface area contributed by atoms with Crippen molar-refractivity contribution in [3.63, 3.8) is 0 Å². The van der Waals surface area contributed by atoms with Crippen LogP contribution in [0, 0.1) is 5.82 Å². The van der Waals surface area contributed by atoms with Crippen LogP contribution in [0.5, 0.6) is 5.75 Å². The zero-order valence-corrected chi connectivity index (χ0v) is 11.7. The molecule has 0 aliphatic rings. The maximum Gasteiger partial charge on any atom is 0.193 e. The van der Waals surface area contributed by atoms with Crippen molar-refractivity contribution >= 4 is 11.5 Å². The highest BCUT2D eigenvalue weighted by Gasteiger charge is 2.13. The first kappa shape index (κ1) is 14.1. The molecule has 2 aromatic carbocycles. The minimum absolute atomic E-state index is 0.128. The molecule has 0 aromatic heterocycles. The summed E-state index contributed by atoms with van der Waals surface area (Å²) in [4.78, 5) is 14.3. The number of hydrogen-bond donors (Lipinski definition) is 0. The monoisotopic (exact) mass is 273 g/mol. The summed E-state index contributed by atoms with van der Waals surface area (Å²) in [6.45, 7) is 0. The molecule has 104 valence electrons. The third-order valence-electron chi connectivity index (χ3n) is 3.04. The number of benzene rings is 2. The second-order valence-electron chi connectivity index (χ2n) is 4.62. The summed E-state index contributed by atoms with van der Waals surface area (Å²) in [7, 11) is 5.19. The van der Waals surface area contributed by atoms with Gasteiger partial charge in [-0.25, -0.2) is 4.39 Å². The van der Waals surface area contributed by atoms with E-state index in [0.717, 1.165) is 5.69 Å². The van der Waals surface area contributed by atoms with E-state index in [-0.39, 0.29) is 11.5 Å². The van der Waals surface area contributed by atoms with Gasteiger partial charge >= 0.3 is 0 Å². The predicted molar refractivity (Wildman–Crippen MR) is 77.2 cm³/mol. The summed E-state index contributed by atoms with van der Waals surface area (Å²) in [5.74, 6) is -0.624. The summed E-state index contributed by atoms with van der Waals surface area (Å²) in [6.07, 6.45) is 0. The fourth-order valence-corrected chi connectivity index (χ4v) is 1.90. The highest BCUT2D eigenvalue weighted by Crippen LogP contribution is 2.21. The topological polar surface area (TPSA) is 29.5 Å². The SMILES string of the molecule is COc1ccc(C(=O)c2cccc(N(C)C)c2)cc1F. The minimum Gasteiger partial charge on any atom is -0.494 e. The Hall–Kier alpha value is -2.36. The van der Waals surface area contributed by atoms with E-state index in [1.807, 2.05) is 31.1 Å². The van der Waals surface area contributed by atoms with Crippen LogP contribution in [0.1, 0.15) is 15.9 Å². The number of hydrogen-bond acceptors (Lipinski definition) is 3. The molecule has 0 amide bonds. The Morgan fingerprint density at radius 3 is 2.40 bits per heavy atom. The first-order chi connectivity index (χ1) is 9.52. The molecule has 0 spiro atoms. The van der Waals surface area contributed by atoms with Crippen LogP contribution in [0.3, 0.4) is 0 Å². The van der Waals surface area contributed by atoms with Crippen molar-refractivity contribution in [2.75, 3.05) is 26.1 Å². The van der Waals surface area contributed by atoms with E-state index in [2.05, 4.69) is 0 Å². The van der Waals surface area contributed by atoms with Crippen LogP contribution in [0.2, 0.25) is 0 Å². The number of ketones is 1. The van der Waals surface area contributed by atoms with Gasteiger partial charge in [-0.2, -0.15) is 0 Å². The van der Waals surface area contributed by atoms with E-state index >= 15 is 0 Å². The Morgan fingerprint density at radius 1 is 1.10 bits per heavy atom. The molecule has 0 atom stereocenters. The third-order valence-corrected chi connectivity index (χ3v) is 3.04. The van der Waals surface area contributed by atoms with Crippen molar-refractivity contribution < 1.29 is 13.9 Å². The van der Waals surface area contributed by atoms with Crippen molar-refractivity contribution in [2.24, 2.45) is 0 Å². The first-order valence-corrected chi connectivity index (χ1v) is 6.18. The summed E-state index contributed by atoms with van der Waals surface area (Å²) in [5, 5.41) is 0. The number of rotatable bonds is 4. The van der Waals surface area contributed by atoms with Gasteiger partial charge in [0.15, 0.2) is 17.3 Å². The third kappa shape index (κ3) is 2.79. The molecule has 0 N–H and O–H groups in total. The Kier molecular flexibility index (Phi) is 4.03. The molecule has 0 saturated carbocycles. The first-order valence-electron chi connectivity index (χ1n) is 6.18. The highest BCUT2D eigenvalue weighted by molar-refractivity contribution is 6.09. The van der Waals surface area contributed by atoms with E-state index in [0.29, 0.717) is 11.1 Å². The summed E-state index contributed by atoms with van der Waals surface area (Å²) in [5.41, 5.74) is 1.75. The fraction of sp³-hybridized carbons (Fsp3) is 0.188. The van der Waals surface area contributed by atoms with Gasteiger partial charge in [0.25, 0.3) is 0 Å². The van der Waals surface area contributed by atoms with Crippen LogP contribution in [-0.2, 0) is 0 Å². The Labute approximate surface area is 117 Å². The van der Waals surface area contributed by atoms with Crippen LogP contribution >= 0.6 is 0 Å². The van der Waals surface area contributed by atoms with Gasteiger partial charge in [0.05, 0.1) is 7.11 Å². The van der Waals surface area contributed by atoms with E-state index in [1.165, 1.54) is 19.2 Å². The van der Waals surface area contributed by atoms with Gasteiger partial charge in [-0.3, -0.25) is 4.79 Å². The predicted octanol–water partition coefficient (Wildman–Crippen LogP) is 3.13. The molecule has 0 bridgehead atoms. The molecule has 3 nitrogen and oxygen atoms in total. The molecule has 0 unspecified atom stereocenters. The maximum absolute atomic E-state index is 13.6. The Bertz CT molecular complexity index is 638. The quantitative estimate of drug-likeness (QED) is 0.802. The lowest BCUT2D eigenvalue weighted by atomic mass is 10.0. The van der Waals surface area contributed by atoms with Crippen molar-refractivity contribution in [3.05, 3.63) is 59.4 Å². The number of nitrogens with zero attached hydrogens (tertiary/aromatic N) is 1. The molecular formula is C16H16FNO2. The largest absolute Gasteiger partial charge is 0.494 e. The average molecular weight is 273 g/mol. The average Bonchev–Trinajstić information content (AvgIpc) is 2.46. The lowest BCUT2D eigenvalue weighted by molar-refractivity contribution is 0.103. The highest BCUT2D eigenvalue weighted by atomic mass is 19.1. The van der Waals surface area contributed by atoms with Crippen LogP contribution in [-0.4, -0.2) is 27.0 Å². The van der Waals surface area contributed by atoms with E-state index in [9.17, 15) is 9.18 Å². The van der Waals surface area contributed by atoms with Crippen molar-refractivity contribution in [1.82, 2.24) is 0 Å². The zero-order chi connectivity index (χ0) is 14.7. The van der Waals surface area contributed by atoms with Crippen molar-refractivity contribution in [2.45, 2.75) is 0 Å². The Morgan fingerprint density at radius 2 is 1.80 bits per heavy atom. The standard InChI is InChI=1S/C16H16FNO2/c1-18(2)13-6-4-5-11(9-13)16(19)12-7-8-15(20-3)14(17)10-12/h4-10H,1-3H3. The minimum atomic E-state index is -0.540. The van der Waals surface area contributed by atoms with Gasteiger partial charge < -0.3 is 9.64 Å². The van der Waals surface area contributed by atoms with Crippen LogP contribution in [0.25, 0.3) is 0 Å². The smallest absolute Gasteiger partial charge is 0.193 e. The van der Waals surface area contributed by atoms with Gasteiger partial charge in [0.1, 0.15) is 0 Å². The number of methoxy groups -OCH3 is 1. The molecule has 0 aliphatic heterocycles. The lowest BCUT2D eigenvalue weighted by Gasteiger charge is -2.13. The van der Waals surface area contributed by atoms with Crippen LogP contribution in [0.4, 0.5) is 10.1 Å². The number of carbonyl (C=O) groups is 1. The van der Waals surface area contributed by atoms with Crippen molar-refractivity contribution in [1.29, 1.82) is 0 Å². The molecule has 0 fully saturated rings. The van der Waals surface area contributed by atoms with Gasteiger partial charge in [-0.05, 0) is 30.3 Å². The lowest BCUT2D eigenvalue weighted by Crippen LogP contribution is -2.10. The number of halogens is 1. The van der Waals surface area contributed by atoms with Gasteiger partial charge in [-0.15, -0.1) is 0 Å². The molecule has 0 aliphatic carbocycles. The van der Waals surface area contributed by atoms with E-state index in [4.69, 9.17) is 4.74 Å². The van der Waals surface area contributed by atoms with Gasteiger partial charge in [0, 0.05) is 30.9 Å². The molecule has 0 heterocycles. The molecule has 0 saturated heterocycles. The number of anilines is 1. The second-order valence-corrected chi connectivity index (χ2v) is 4.62. The normalized spacial score (nSPS) is 10.2. The zero-order valence-electron chi connectivity index (χ0n) is 11.7. The summed E-state index contributed by atoms with van der Waals surface area (Å²) < 4.78 is 18.5. The maximum atomic E-state index is 13.6. The second kappa shape index (κ2) is 5.74. The van der Waals surface area contributed by atoms with E-state index < -0.39 is 5.82 Å². The fourth-order valence-electron chi connectivity index (χ4n) is 1.90. The molecule has 2 rings (SSSR count). The molecule has 2 aromatic rings. The van der Waals surface area contributed by atoms with Crippen molar-refractivity contribution in [3.8, 4) is 5.75 Å². The summed E-state index contributed by atoms with van der Waals surface area (Å²) >= 11 is 0. The molecule has 4 heteroatoms. The van der Waals surface area contributed by atoms with E-state index in [1.54, 1.807) is 18.2 Å². The van der Waals surface area contributed by atoms with Crippen LogP contribution in [0.15, 0.2) is 42.5 Å². The molecule has 20 heavy (non-hydrogen) atoms. The van der Waals surface area contributed by atoms with Gasteiger partial charge in [-0.1, -0.05) is 12.1 Å². The number of ether oxygens (including phenoxy) is 1. The van der Waals surface area contributed by atoms with Crippen LogP contribution < -0.4 is 9.64 Å².